The van der Waals surface area contributed by atoms with E-state index in [0.717, 1.165) is 10.9 Å². The Morgan fingerprint density at radius 2 is 1.85 bits per heavy atom. The van der Waals surface area contributed by atoms with E-state index >= 15 is 0 Å². The van der Waals surface area contributed by atoms with Crippen molar-refractivity contribution < 1.29 is 23.8 Å². The van der Waals surface area contributed by atoms with Crippen LogP contribution in [-0.2, 0) is 9.59 Å². The third-order valence-electron chi connectivity index (χ3n) is 4.97. The number of carbonyl (C=O) groups excluding carboxylic acids is 2. The summed E-state index contributed by atoms with van der Waals surface area (Å²) in [6.07, 6.45) is 0.585. The Kier molecular flexibility index (Phi) is 6.25. The van der Waals surface area contributed by atoms with Crippen molar-refractivity contribution in [3.63, 3.8) is 0 Å². The van der Waals surface area contributed by atoms with E-state index in [1.165, 1.54) is 0 Å². The fraction of sp³-hybridized carbons (Fsp3) is 0.450. The summed E-state index contributed by atoms with van der Waals surface area (Å²) in [7, 11) is 0. The van der Waals surface area contributed by atoms with Crippen molar-refractivity contribution >= 4 is 22.8 Å². The van der Waals surface area contributed by atoms with Gasteiger partial charge in [0.15, 0.2) is 6.61 Å². The van der Waals surface area contributed by atoms with E-state index in [1.807, 2.05) is 13.8 Å². The molecule has 2 aromatic rings. The van der Waals surface area contributed by atoms with E-state index in [4.69, 9.17) is 9.15 Å². The minimum atomic E-state index is -1.33. The molecule has 0 saturated carbocycles. The van der Waals surface area contributed by atoms with E-state index < -0.39 is 23.5 Å². The number of nitrogens with one attached hydrogen (secondary N) is 1. The topological polar surface area (TPSA) is 109 Å². The number of carbonyl (C=O) groups is 2. The number of carboxylic acid groups (broad SMARTS) is 1. The van der Waals surface area contributed by atoms with Crippen LogP contribution in [0.15, 0.2) is 21.3 Å². The van der Waals surface area contributed by atoms with Crippen LogP contribution < -0.4 is 20.8 Å². The zero-order chi connectivity index (χ0) is 20.3. The monoisotopic (exact) mass is 374 g/mol. The molecule has 0 aliphatic heterocycles. The van der Waals surface area contributed by atoms with Gasteiger partial charge in [-0.1, -0.05) is 20.3 Å². The Bertz CT molecular complexity index is 930. The van der Waals surface area contributed by atoms with Crippen LogP contribution in [0, 0.1) is 26.7 Å². The Morgan fingerprint density at radius 3 is 2.44 bits per heavy atom. The fourth-order valence-corrected chi connectivity index (χ4v) is 2.81. The molecule has 146 valence electrons. The normalized spacial score (nSPS) is 13.2. The smallest absolute Gasteiger partial charge is 0.339 e. The van der Waals surface area contributed by atoms with Gasteiger partial charge in [0.05, 0.1) is 12.0 Å². The maximum atomic E-state index is 12.1. The zero-order valence-electron chi connectivity index (χ0n) is 16.2. The zero-order valence-corrected chi connectivity index (χ0v) is 16.2. The molecule has 0 unspecified atom stereocenters. The Labute approximate surface area is 157 Å². The largest absolute Gasteiger partial charge is 0.548 e. The van der Waals surface area contributed by atoms with Gasteiger partial charge in [0.25, 0.3) is 5.91 Å². The molecule has 2 atom stereocenters. The minimum absolute atomic E-state index is 0.262. The first-order chi connectivity index (χ1) is 12.7. The molecule has 2 rings (SSSR count). The van der Waals surface area contributed by atoms with Crippen molar-refractivity contribution in [2.75, 3.05) is 6.61 Å². The average Bonchev–Trinajstić information content (AvgIpc) is 2.63. The van der Waals surface area contributed by atoms with Gasteiger partial charge in [-0.3, -0.25) is 4.79 Å². The predicted molar refractivity (Wildman–Crippen MR) is 98.6 cm³/mol. The molecule has 0 radical (unpaired) electrons. The van der Waals surface area contributed by atoms with Crippen LogP contribution in [0.2, 0.25) is 0 Å². The van der Waals surface area contributed by atoms with Crippen LogP contribution in [0.1, 0.15) is 37.0 Å². The highest BCUT2D eigenvalue weighted by Gasteiger charge is 2.20. The molecule has 27 heavy (non-hydrogen) atoms. The van der Waals surface area contributed by atoms with Gasteiger partial charge < -0.3 is 24.4 Å². The van der Waals surface area contributed by atoms with Crippen LogP contribution in [-0.4, -0.2) is 24.5 Å². The predicted octanol–water partition coefficient (Wildman–Crippen LogP) is 1.38. The molecule has 0 saturated heterocycles. The van der Waals surface area contributed by atoms with Crippen LogP contribution in [0.5, 0.6) is 5.75 Å². The van der Waals surface area contributed by atoms with Crippen molar-refractivity contribution in [2.24, 2.45) is 5.92 Å². The number of carboxylic acids is 1. The number of aryl methyl sites for hydroxylation is 2. The maximum Gasteiger partial charge on any atom is 0.339 e. The molecule has 0 aliphatic carbocycles. The second-order valence-corrected chi connectivity index (χ2v) is 6.74. The Balaban J connectivity index is 2.18. The van der Waals surface area contributed by atoms with Gasteiger partial charge in [0.1, 0.15) is 11.3 Å². The van der Waals surface area contributed by atoms with Gasteiger partial charge in [-0.25, -0.2) is 4.79 Å². The molecule has 1 aromatic heterocycles. The quantitative estimate of drug-likeness (QED) is 0.734. The van der Waals surface area contributed by atoms with E-state index in [1.54, 1.807) is 32.9 Å². The van der Waals surface area contributed by atoms with Crippen molar-refractivity contribution in [1.29, 1.82) is 0 Å². The molecule has 1 amide bonds. The summed E-state index contributed by atoms with van der Waals surface area (Å²) in [5, 5.41) is 14.4. The van der Waals surface area contributed by atoms with Crippen molar-refractivity contribution in [3.8, 4) is 5.75 Å². The highest BCUT2D eigenvalue weighted by atomic mass is 16.5. The highest BCUT2D eigenvalue weighted by molar-refractivity contribution is 5.86. The van der Waals surface area contributed by atoms with Crippen molar-refractivity contribution in [1.82, 2.24) is 5.32 Å². The van der Waals surface area contributed by atoms with Gasteiger partial charge >= 0.3 is 5.63 Å². The lowest BCUT2D eigenvalue weighted by molar-refractivity contribution is -0.309. The third-order valence-corrected chi connectivity index (χ3v) is 4.97. The second-order valence-electron chi connectivity index (χ2n) is 6.74. The van der Waals surface area contributed by atoms with E-state index in [9.17, 15) is 19.5 Å². The molecule has 1 aromatic carbocycles. The standard InChI is InChI=1S/C20H25NO6/c1-6-10(2)17(19(23)24)21-16(22)9-26-15-8-7-14-11(3)12(4)20(25)27-18(14)13(15)5/h7-8,10,17H,6,9H2,1-5H3,(H,21,22)(H,23,24)/p-1/t10-,17-/m0/s1. The Hall–Kier alpha value is -2.83. The lowest BCUT2D eigenvalue weighted by Gasteiger charge is -2.25. The molecule has 1 N–H and O–H groups in total. The first kappa shape index (κ1) is 20.5. The molecular formula is C20H24NO6-. The number of rotatable bonds is 7. The summed E-state index contributed by atoms with van der Waals surface area (Å²) in [6.45, 7) is 8.48. The molecule has 7 heteroatoms. The van der Waals surface area contributed by atoms with Crippen LogP contribution >= 0.6 is 0 Å². The number of amides is 1. The molecule has 0 spiro atoms. The van der Waals surface area contributed by atoms with E-state index in [0.29, 0.717) is 28.9 Å². The minimum Gasteiger partial charge on any atom is -0.548 e. The average molecular weight is 374 g/mol. The van der Waals surface area contributed by atoms with Crippen molar-refractivity contribution in [3.05, 3.63) is 39.2 Å². The number of fused-ring (bicyclic) bond motifs is 1. The van der Waals surface area contributed by atoms with Gasteiger partial charge in [0.2, 0.25) is 0 Å². The highest BCUT2D eigenvalue weighted by Crippen LogP contribution is 2.29. The first-order valence-electron chi connectivity index (χ1n) is 8.84. The fourth-order valence-electron chi connectivity index (χ4n) is 2.81. The molecule has 0 bridgehead atoms. The SMILES string of the molecule is CC[C@H](C)[C@H](NC(=O)COc1ccc2c(C)c(C)c(=O)oc2c1C)C(=O)[O-]. The van der Waals surface area contributed by atoms with Crippen LogP contribution in [0.3, 0.4) is 0 Å². The van der Waals surface area contributed by atoms with E-state index in [2.05, 4.69) is 5.32 Å². The lowest BCUT2D eigenvalue weighted by atomic mass is 9.99. The van der Waals surface area contributed by atoms with Crippen LogP contribution in [0.4, 0.5) is 0 Å². The third kappa shape index (κ3) is 4.30. The summed E-state index contributed by atoms with van der Waals surface area (Å²) in [4.78, 5) is 35.2. The lowest BCUT2D eigenvalue weighted by Crippen LogP contribution is -2.52. The second kappa shape index (κ2) is 8.24. The summed E-state index contributed by atoms with van der Waals surface area (Å²) in [5.74, 6) is -1.77. The number of hydrogen-bond donors (Lipinski definition) is 1. The number of ether oxygens (including phenoxy) is 1. The van der Waals surface area contributed by atoms with Crippen molar-refractivity contribution in [2.45, 2.75) is 47.1 Å². The summed E-state index contributed by atoms with van der Waals surface area (Å²) >= 11 is 0. The Morgan fingerprint density at radius 1 is 1.19 bits per heavy atom. The van der Waals surface area contributed by atoms with Crippen LogP contribution in [0.25, 0.3) is 11.0 Å². The number of benzene rings is 1. The van der Waals surface area contributed by atoms with Gasteiger partial charge in [-0.15, -0.1) is 0 Å². The van der Waals surface area contributed by atoms with E-state index in [-0.39, 0.29) is 12.5 Å². The molecule has 7 nitrogen and oxygen atoms in total. The number of hydrogen-bond acceptors (Lipinski definition) is 6. The molecule has 0 fully saturated rings. The van der Waals surface area contributed by atoms with Gasteiger partial charge in [-0.2, -0.15) is 0 Å². The summed E-state index contributed by atoms with van der Waals surface area (Å²) in [5.41, 5.74) is 1.97. The number of aliphatic carboxylic acids is 1. The first-order valence-corrected chi connectivity index (χ1v) is 8.84. The van der Waals surface area contributed by atoms with Gasteiger partial charge in [-0.05, 0) is 44.4 Å². The maximum absolute atomic E-state index is 12.1. The molecule has 0 aliphatic rings. The van der Waals surface area contributed by atoms with Gasteiger partial charge in [0, 0.05) is 16.5 Å². The molecular weight excluding hydrogens is 350 g/mol. The molecule has 1 heterocycles. The summed E-state index contributed by atoms with van der Waals surface area (Å²) < 4.78 is 10.9. The summed E-state index contributed by atoms with van der Waals surface area (Å²) in [6, 6.07) is 2.39.